The maximum Gasteiger partial charge on any atom is 0.191 e. The zero-order valence-corrected chi connectivity index (χ0v) is 15.9. The normalized spacial score (nSPS) is 16.3. The lowest BCUT2D eigenvalue weighted by Crippen LogP contribution is -2.44. The second-order valence-corrected chi connectivity index (χ2v) is 7.00. The smallest absolute Gasteiger partial charge is 0.191 e. The number of rotatable bonds is 10. The number of aliphatic imine (C=N–C) groups is 1. The molecule has 1 aromatic carbocycles. The van der Waals surface area contributed by atoms with Crippen LogP contribution in [0.25, 0.3) is 0 Å². The molecule has 140 valence electrons. The molecule has 1 atom stereocenters. The molecular weight excluding hydrogens is 312 g/mol. The summed E-state index contributed by atoms with van der Waals surface area (Å²) in [5.74, 6) is 0.867. The molecule has 3 N–H and O–H groups in total. The highest BCUT2D eigenvalue weighted by Gasteiger charge is 2.30. The van der Waals surface area contributed by atoms with E-state index in [0.29, 0.717) is 12.6 Å². The molecule has 1 aliphatic rings. The quantitative estimate of drug-likeness (QED) is 0.449. The zero-order valence-electron chi connectivity index (χ0n) is 15.9. The summed E-state index contributed by atoms with van der Waals surface area (Å²) in [7, 11) is 0. The van der Waals surface area contributed by atoms with E-state index in [9.17, 15) is 5.11 Å². The number of aliphatic hydroxyl groups excluding tert-OH is 1. The summed E-state index contributed by atoms with van der Waals surface area (Å²) in [6.45, 7) is 10.0. The van der Waals surface area contributed by atoms with E-state index in [1.807, 2.05) is 30.3 Å². The number of nitrogens with zero attached hydrogens (tertiary/aromatic N) is 2. The molecule has 1 saturated carbocycles. The predicted octanol–water partition coefficient (Wildman–Crippen LogP) is 2.19. The van der Waals surface area contributed by atoms with Crippen LogP contribution in [0.4, 0.5) is 0 Å². The highest BCUT2D eigenvalue weighted by Crippen LogP contribution is 2.27. The van der Waals surface area contributed by atoms with E-state index in [1.165, 1.54) is 12.8 Å². The fourth-order valence-electron chi connectivity index (χ4n) is 3.11. The van der Waals surface area contributed by atoms with Crippen LogP contribution in [-0.2, 0) is 0 Å². The molecule has 1 fully saturated rings. The number of hydrogen-bond donors (Lipinski definition) is 3. The SMILES string of the molecule is CCNC(=NCC(CO)c1ccccc1)NCCN(C(C)C)C1CC1. The maximum atomic E-state index is 9.68. The summed E-state index contributed by atoms with van der Waals surface area (Å²) < 4.78 is 0. The highest BCUT2D eigenvalue weighted by molar-refractivity contribution is 5.79. The van der Waals surface area contributed by atoms with E-state index in [4.69, 9.17) is 0 Å². The van der Waals surface area contributed by atoms with Gasteiger partial charge in [0.05, 0.1) is 13.2 Å². The second-order valence-electron chi connectivity index (χ2n) is 7.00. The van der Waals surface area contributed by atoms with Gasteiger partial charge in [0, 0.05) is 37.6 Å². The van der Waals surface area contributed by atoms with Gasteiger partial charge in [-0.2, -0.15) is 0 Å². The number of nitrogens with one attached hydrogen (secondary N) is 2. The van der Waals surface area contributed by atoms with Crippen LogP contribution in [-0.4, -0.2) is 60.8 Å². The Balaban J connectivity index is 1.86. The van der Waals surface area contributed by atoms with Gasteiger partial charge < -0.3 is 15.7 Å². The van der Waals surface area contributed by atoms with E-state index < -0.39 is 0 Å². The van der Waals surface area contributed by atoms with Crippen LogP contribution in [0.15, 0.2) is 35.3 Å². The van der Waals surface area contributed by atoms with Crippen molar-refractivity contribution in [3.63, 3.8) is 0 Å². The van der Waals surface area contributed by atoms with Crippen molar-refractivity contribution in [3.8, 4) is 0 Å². The Kier molecular flexibility index (Phi) is 8.22. The third-order valence-corrected chi connectivity index (χ3v) is 4.65. The van der Waals surface area contributed by atoms with E-state index in [-0.39, 0.29) is 12.5 Å². The molecule has 25 heavy (non-hydrogen) atoms. The zero-order chi connectivity index (χ0) is 18.1. The molecule has 1 aromatic rings. The topological polar surface area (TPSA) is 59.9 Å². The van der Waals surface area contributed by atoms with Gasteiger partial charge >= 0.3 is 0 Å². The molecule has 0 aliphatic heterocycles. The van der Waals surface area contributed by atoms with Gasteiger partial charge in [-0.3, -0.25) is 9.89 Å². The van der Waals surface area contributed by atoms with Gasteiger partial charge in [-0.15, -0.1) is 0 Å². The van der Waals surface area contributed by atoms with E-state index in [2.05, 4.69) is 41.3 Å². The lowest BCUT2D eigenvalue weighted by Gasteiger charge is -2.26. The number of benzene rings is 1. The lowest BCUT2D eigenvalue weighted by molar-refractivity contribution is 0.215. The van der Waals surface area contributed by atoms with Crippen molar-refractivity contribution in [2.24, 2.45) is 4.99 Å². The van der Waals surface area contributed by atoms with Crippen LogP contribution in [0.1, 0.15) is 45.1 Å². The fraction of sp³-hybridized carbons (Fsp3) is 0.650. The van der Waals surface area contributed by atoms with E-state index in [0.717, 1.165) is 37.2 Å². The first-order valence-electron chi connectivity index (χ1n) is 9.59. The minimum absolute atomic E-state index is 0.0373. The van der Waals surface area contributed by atoms with Gasteiger partial charge in [-0.1, -0.05) is 30.3 Å². The van der Waals surface area contributed by atoms with Gasteiger partial charge in [0.15, 0.2) is 5.96 Å². The molecule has 0 bridgehead atoms. The first kappa shape index (κ1) is 19.7. The van der Waals surface area contributed by atoms with Crippen molar-refractivity contribution in [3.05, 3.63) is 35.9 Å². The summed E-state index contributed by atoms with van der Waals surface area (Å²) in [6.07, 6.45) is 2.67. The molecule has 0 saturated heterocycles. The molecule has 1 aliphatic carbocycles. The van der Waals surface area contributed by atoms with Crippen LogP contribution in [0.5, 0.6) is 0 Å². The van der Waals surface area contributed by atoms with Crippen molar-refractivity contribution in [1.82, 2.24) is 15.5 Å². The monoisotopic (exact) mass is 346 g/mol. The average Bonchev–Trinajstić information content (AvgIpc) is 3.44. The summed E-state index contributed by atoms with van der Waals surface area (Å²) in [5, 5.41) is 16.4. The first-order chi connectivity index (χ1) is 12.2. The fourth-order valence-corrected chi connectivity index (χ4v) is 3.11. The number of guanidine groups is 1. The van der Waals surface area contributed by atoms with Gasteiger partial charge in [-0.05, 0) is 39.2 Å². The predicted molar refractivity (Wildman–Crippen MR) is 105 cm³/mol. The van der Waals surface area contributed by atoms with Crippen molar-refractivity contribution < 1.29 is 5.11 Å². The average molecular weight is 347 g/mol. The third-order valence-electron chi connectivity index (χ3n) is 4.65. The summed E-state index contributed by atoms with van der Waals surface area (Å²) >= 11 is 0. The van der Waals surface area contributed by atoms with E-state index >= 15 is 0 Å². The molecule has 1 unspecified atom stereocenters. The van der Waals surface area contributed by atoms with Gasteiger partial charge in [-0.25, -0.2) is 0 Å². The van der Waals surface area contributed by atoms with Crippen LogP contribution >= 0.6 is 0 Å². The van der Waals surface area contributed by atoms with Crippen molar-refractivity contribution in [2.45, 2.75) is 51.6 Å². The van der Waals surface area contributed by atoms with Gasteiger partial charge in [0.2, 0.25) is 0 Å². The molecule has 0 aromatic heterocycles. The standard InChI is InChI=1S/C20H34N4O/c1-4-21-20(22-12-13-24(16(2)3)19-10-11-19)23-14-18(15-25)17-8-6-5-7-9-17/h5-9,16,18-19,25H,4,10-15H2,1-3H3,(H2,21,22,23). The maximum absolute atomic E-state index is 9.68. The lowest BCUT2D eigenvalue weighted by atomic mass is 10.0. The van der Waals surface area contributed by atoms with E-state index in [1.54, 1.807) is 0 Å². The van der Waals surface area contributed by atoms with Crippen LogP contribution < -0.4 is 10.6 Å². The van der Waals surface area contributed by atoms with Crippen LogP contribution in [0, 0.1) is 0 Å². The van der Waals surface area contributed by atoms with Crippen molar-refractivity contribution in [2.75, 3.05) is 32.8 Å². The van der Waals surface area contributed by atoms with Crippen LogP contribution in [0.2, 0.25) is 0 Å². The summed E-state index contributed by atoms with van der Waals surface area (Å²) in [5.41, 5.74) is 1.13. The molecular formula is C20H34N4O. The van der Waals surface area contributed by atoms with Crippen molar-refractivity contribution in [1.29, 1.82) is 0 Å². The Morgan fingerprint density at radius 3 is 2.52 bits per heavy atom. The molecule has 0 heterocycles. The molecule has 5 nitrogen and oxygen atoms in total. The Morgan fingerprint density at radius 2 is 1.96 bits per heavy atom. The van der Waals surface area contributed by atoms with Crippen LogP contribution in [0.3, 0.4) is 0 Å². The number of hydrogen-bond acceptors (Lipinski definition) is 3. The molecule has 0 radical (unpaired) electrons. The highest BCUT2D eigenvalue weighted by atomic mass is 16.3. The Bertz CT molecular complexity index is 512. The molecule has 2 rings (SSSR count). The Hall–Kier alpha value is -1.59. The van der Waals surface area contributed by atoms with Crippen molar-refractivity contribution >= 4 is 5.96 Å². The second kappa shape index (κ2) is 10.4. The molecule has 0 spiro atoms. The largest absolute Gasteiger partial charge is 0.396 e. The summed E-state index contributed by atoms with van der Waals surface area (Å²) in [6, 6.07) is 11.5. The van der Waals surface area contributed by atoms with Gasteiger partial charge in [0.1, 0.15) is 0 Å². The third kappa shape index (κ3) is 6.67. The minimum atomic E-state index is 0.0373. The Morgan fingerprint density at radius 1 is 1.24 bits per heavy atom. The Labute approximate surface area is 152 Å². The number of aliphatic hydroxyl groups is 1. The molecule has 5 heteroatoms. The molecule has 0 amide bonds. The first-order valence-corrected chi connectivity index (χ1v) is 9.59. The van der Waals surface area contributed by atoms with Gasteiger partial charge in [0.25, 0.3) is 0 Å². The summed E-state index contributed by atoms with van der Waals surface area (Å²) in [4.78, 5) is 7.25. The minimum Gasteiger partial charge on any atom is -0.396 e.